The largest absolute Gasteiger partial charge is 0.315 e. The first-order valence-electron chi connectivity index (χ1n) is 7.23. The van der Waals surface area contributed by atoms with Crippen LogP contribution in [0.1, 0.15) is 23.6 Å². The molecule has 108 valence electrons. The Morgan fingerprint density at radius 1 is 1.24 bits per heavy atom. The maximum Gasteiger partial charge on any atom is 0.228 e. The van der Waals surface area contributed by atoms with Gasteiger partial charge in [-0.2, -0.15) is 0 Å². The average molecular weight is 281 g/mol. The van der Waals surface area contributed by atoms with Crippen LogP contribution in [0.5, 0.6) is 0 Å². The molecule has 4 nitrogen and oxygen atoms in total. The van der Waals surface area contributed by atoms with Crippen LogP contribution in [-0.4, -0.2) is 24.5 Å². The molecule has 0 aliphatic carbocycles. The quantitative estimate of drug-likeness (QED) is 0.935. The maximum absolute atomic E-state index is 12.1. The highest BCUT2D eigenvalue weighted by molar-refractivity contribution is 5.96. The zero-order valence-corrected chi connectivity index (χ0v) is 12.1. The van der Waals surface area contributed by atoms with Gasteiger partial charge in [-0.15, -0.1) is 0 Å². The van der Waals surface area contributed by atoms with E-state index < -0.39 is 0 Å². The monoisotopic (exact) mass is 281 g/mol. The van der Waals surface area contributed by atoms with Crippen molar-refractivity contribution in [3.05, 3.63) is 59.9 Å². The highest BCUT2D eigenvalue weighted by Crippen LogP contribution is 2.33. The molecule has 1 amide bonds. The van der Waals surface area contributed by atoms with Gasteiger partial charge in [0, 0.05) is 37.6 Å². The molecule has 4 heteroatoms. The topological polar surface area (TPSA) is 45.2 Å². The standard InChI is InChI=1S/C17H19N3O/c1-20-16-5-3-2-4-14(16)15(12-17(20)21)19-11-8-13-6-9-18-10-7-13/h2-7,9-10,15,19H,8,11-12H2,1H3. The third kappa shape index (κ3) is 2.95. The molecular weight excluding hydrogens is 262 g/mol. The lowest BCUT2D eigenvalue weighted by Gasteiger charge is -2.32. The molecule has 0 saturated carbocycles. The molecular formula is C17H19N3O. The van der Waals surface area contributed by atoms with Crippen molar-refractivity contribution in [2.24, 2.45) is 0 Å². The lowest BCUT2D eigenvalue weighted by molar-refractivity contribution is -0.119. The summed E-state index contributed by atoms with van der Waals surface area (Å²) in [5.74, 6) is 0.162. The zero-order chi connectivity index (χ0) is 14.7. The van der Waals surface area contributed by atoms with E-state index in [0.717, 1.165) is 18.7 Å². The summed E-state index contributed by atoms with van der Waals surface area (Å²) in [6, 6.07) is 12.3. The molecule has 1 unspecified atom stereocenters. The van der Waals surface area contributed by atoms with Crippen LogP contribution < -0.4 is 10.2 Å². The Morgan fingerprint density at radius 3 is 2.81 bits per heavy atom. The van der Waals surface area contributed by atoms with Crippen LogP contribution >= 0.6 is 0 Å². The van der Waals surface area contributed by atoms with E-state index in [1.807, 2.05) is 49.8 Å². The molecule has 3 rings (SSSR count). The Hall–Kier alpha value is -2.20. The minimum Gasteiger partial charge on any atom is -0.315 e. The number of nitrogens with one attached hydrogen (secondary N) is 1. The molecule has 1 atom stereocenters. The number of carbonyl (C=O) groups excluding carboxylic acids is 1. The van der Waals surface area contributed by atoms with Crippen molar-refractivity contribution in [1.29, 1.82) is 0 Å². The first-order valence-corrected chi connectivity index (χ1v) is 7.23. The van der Waals surface area contributed by atoms with E-state index in [-0.39, 0.29) is 11.9 Å². The summed E-state index contributed by atoms with van der Waals surface area (Å²) in [4.78, 5) is 17.8. The number of amides is 1. The molecule has 0 radical (unpaired) electrons. The molecule has 1 N–H and O–H groups in total. The van der Waals surface area contributed by atoms with E-state index in [1.165, 1.54) is 11.1 Å². The van der Waals surface area contributed by atoms with Gasteiger partial charge >= 0.3 is 0 Å². The fraction of sp³-hybridized carbons (Fsp3) is 0.294. The molecule has 1 aromatic heterocycles. The predicted octanol–water partition coefficient (Wildman–Crippen LogP) is 2.32. The van der Waals surface area contributed by atoms with Gasteiger partial charge in [0.25, 0.3) is 0 Å². The Balaban J connectivity index is 1.68. The Bertz CT molecular complexity index is 627. The molecule has 0 bridgehead atoms. The van der Waals surface area contributed by atoms with Gasteiger partial charge in [-0.3, -0.25) is 9.78 Å². The van der Waals surface area contributed by atoms with Crippen LogP contribution in [0.4, 0.5) is 5.69 Å². The number of nitrogens with zero attached hydrogens (tertiary/aromatic N) is 2. The average Bonchev–Trinajstić information content (AvgIpc) is 2.53. The van der Waals surface area contributed by atoms with E-state index in [1.54, 1.807) is 4.90 Å². The number of pyridine rings is 1. The first kappa shape index (κ1) is 13.8. The SMILES string of the molecule is CN1C(=O)CC(NCCc2ccncc2)c2ccccc21. The van der Waals surface area contributed by atoms with Crippen molar-refractivity contribution in [3.63, 3.8) is 0 Å². The zero-order valence-electron chi connectivity index (χ0n) is 12.1. The summed E-state index contributed by atoms with van der Waals surface area (Å²) in [6.07, 6.45) is 5.07. The van der Waals surface area contributed by atoms with E-state index in [0.29, 0.717) is 6.42 Å². The van der Waals surface area contributed by atoms with Crippen LogP contribution in [0.3, 0.4) is 0 Å². The van der Waals surface area contributed by atoms with Gasteiger partial charge in [-0.25, -0.2) is 0 Å². The number of hydrogen-bond donors (Lipinski definition) is 1. The van der Waals surface area contributed by atoms with Crippen LogP contribution in [-0.2, 0) is 11.2 Å². The second-order valence-corrected chi connectivity index (χ2v) is 5.33. The first-order chi connectivity index (χ1) is 10.3. The van der Waals surface area contributed by atoms with Crippen molar-refractivity contribution >= 4 is 11.6 Å². The van der Waals surface area contributed by atoms with Crippen LogP contribution in [0.15, 0.2) is 48.8 Å². The van der Waals surface area contributed by atoms with Gasteiger partial charge in [-0.1, -0.05) is 18.2 Å². The van der Waals surface area contributed by atoms with Gasteiger partial charge in [0.2, 0.25) is 5.91 Å². The number of rotatable bonds is 4. The molecule has 0 spiro atoms. The van der Waals surface area contributed by atoms with E-state index >= 15 is 0 Å². The van der Waals surface area contributed by atoms with Gasteiger partial charge < -0.3 is 10.2 Å². The van der Waals surface area contributed by atoms with Crippen LogP contribution in [0, 0.1) is 0 Å². The third-order valence-corrected chi connectivity index (χ3v) is 3.98. The second kappa shape index (κ2) is 6.06. The van der Waals surface area contributed by atoms with Gasteiger partial charge in [0.1, 0.15) is 0 Å². The minimum atomic E-state index is 0.103. The van der Waals surface area contributed by atoms with Gasteiger partial charge in [0.15, 0.2) is 0 Å². The smallest absolute Gasteiger partial charge is 0.228 e. The lowest BCUT2D eigenvalue weighted by atomic mass is 9.96. The number of aromatic nitrogens is 1. The van der Waals surface area contributed by atoms with Crippen molar-refractivity contribution < 1.29 is 4.79 Å². The van der Waals surface area contributed by atoms with E-state index in [4.69, 9.17) is 0 Å². The number of para-hydroxylation sites is 1. The van der Waals surface area contributed by atoms with Crippen molar-refractivity contribution in [1.82, 2.24) is 10.3 Å². The molecule has 1 aliphatic heterocycles. The van der Waals surface area contributed by atoms with Gasteiger partial charge in [-0.05, 0) is 42.3 Å². The summed E-state index contributed by atoms with van der Waals surface area (Å²) in [5, 5.41) is 3.51. The van der Waals surface area contributed by atoms with Gasteiger partial charge in [0.05, 0.1) is 0 Å². The summed E-state index contributed by atoms with van der Waals surface area (Å²) >= 11 is 0. The minimum absolute atomic E-state index is 0.103. The van der Waals surface area contributed by atoms with E-state index in [9.17, 15) is 4.79 Å². The number of anilines is 1. The predicted molar refractivity (Wildman–Crippen MR) is 83.2 cm³/mol. The fourth-order valence-electron chi connectivity index (χ4n) is 2.77. The maximum atomic E-state index is 12.1. The highest BCUT2D eigenvalue weighted by atomic mass is 16.2. The molecule has 2 aromatic rings. The van der Waals surface area contributed by atoms with Crippen molar-refractivity contribution in [2.75, 3.05) is 18.5 Å². The normalized spacial score (nSPS) is 17.7. The molecule has 2 heterocycles. The summed E-state index contributed by atoms with van der Waals surface area (Å²) in [7, 11) is 1.84. The fourth-order valence-corrected chi connectivity index (χ4v) is 2.77. The van der Waals surface area contributed by atoms with Crippen molar-refractivity contribution in [2.45, 2.75) is 18.9 Å². The van der Waals surface area contributed by atoms with Crippen molar-refractivity contribution in [3.8, 4) is 0 Å². The molecule has 21 heavy (non-hydrogen) atoms. The van der Waals surface area contributed by atoms with Crippen LogP contribution in [0.2, 0.25) is 0 Å². The molecule has 1 aromatic carbocycles. The molecule has 0 fully saturated rings. The number of benzene rings is 1. The Kier molecular flexibility index (Phi) is 3.97. The summed E-state index contributed by atoms with van der Waals surface area (Å²) < 4.78 is 0. The Labute approximate surface area is 124 Å². The van der Waals surface area contributed by atoms with Crippen LogP contribution in [0.25, 0.3) is 0 Å². The number of fused-ring (bicyclic) bond motifs is 1. The highest BCUT2D eigenvalue weighted by Gasteiger charge is 2.28. The molecule has 0 saturated heterocycles. The number of carbonyl (C=O) groups is 1. The number of hydrogen-bond acceptors (Lipinski definition) is 3. The Morgan fingerprint density at radius 2 is 2.00 bits per heavy atom. The second-order valence-electron chi connectivity index (χ2n) is 5.33. The van der Waals surface area contributed by atoms with E-state index in [2.05, 4.69) is 16.4 Å². The molecule has 1 aliphatic rings. The third-order valence-electron chi connectivity index (χ3n) is 3.98. The summed E-state index contributed by atoms with van der Waals surface area (Å²) in [6.45, 7) is 0.847. The lowest BCUT2D eigenvalue weighted by Crippen LogP contribution is -2.38. The summed E-state index contributed by atoms with van der Waals surface area (Å²) in [5.41, 5.74) is 3.47.